The highest BCUT2D eigenvalue weighted by molar-refractivity contribution is 6.00. The Morgan fingerprint density at radius 2 is 0.528 bits per heavy atom. The lowest BCUT2D eigenvalue weighted by atomic mass is 10.0. The van der Waals surface area contributed by atoms with Gasteiger partial charge in [0.2, 0.25) is 0 Å². The number of quaternary nitrogens is 4. The molecule has 0 saturated carbocycles. The number of likely N-dealkylation sites (N-methyl/N-ethyl adjacent to an activating group) is 4. The largest absolute Gasteiger partial charge is 0.354 e. The van der Waals surface area contributed by atoms with E-state index in [2.05, 4.69) is 259 Å². The second kappa shape index (κ2) is 19.9. The third kappa shape index (κ3) is 12.2. The Hall–Kier alpha value is -6.96. The quantitative estimate of drug-likeness (QED) is 0.0790. The highest BCUT2D eigenvalue weighted by atomic mass is 15.3. The minimum atomic E-state index is 0.876. The standard InChI is InChI=1S/C60H77N12/c1-69(2,3)41-37-65-29-21-45(22-30-65)57-49-13-15-51(61-49)58(46-23-31-66(32-24-46)38-42-70(4,5)6)53-17-19-55(63-53)60(48-27-35-68(36-28-48)40-44-72(10,11)12)56-20-18-54(64-56)59(52-16-14-50(57)62-52)47-25-33-67(34-26-47)39-43-71(7,8)9/h13-36H,37-44H2,1-12H3,(H,61,62,63,64)/q+7/p+1. The first-order valence-electron chi connectivity index (χ1n) is 25.5. The summed E-state index contributed by atoms with van der Waals surface area (Å²) >= 11 is 0. The number of nitrogens with zero attached hydrogens (tertiary/aromatic N) is 10. The highest BCUT2D eigenvalue weighted by Crippen LogP contribution is 2.38. The van der Waals surface area contributed by atoms with Crippen molar-refractivity contribution in [2.45, 2.75) is 26.2 Å². The van der Waals surface area contributed by atoms with Gasteiger partial charge in [0.1, 0.15) is 26.2 Å². The smallest absolute Gasteiger partial charge is 0.196 e. The van der Waals surface area contributed by atoms with Gasteiger partial charge in [-0.2, -0.15) is 18.3 Å². The average Bonchev–Trinajstić information content (AvgIpc) is 4.18. The van der Waals surface area contributed by atoms with Crippen LogP contribution in [0.5, 0.6) is 0 Å². The maximum atomic E-state index is 5.58. The second-order valence-electron chi connectivity index (χ2n) is 23.9. The van der Waals surface area contributed by atoms with Crippen LogP contribution >= 0.6 is 0 Å². The Morgan fingerprint density at radius 3 is 0.792 bits per heavy atom. The molecule has 2 aliphatic rings. The van der Waals surface area contributed by atoms with E-state index < -0.39 is 0 Å². The van der Waals surface area contributed by atoms with Crippen molar-refractivity contribution < 1.29 is 36.2 Å². The lowest BCUT2D eigenvalue weighted by Crippen LogP contribution is -2.45. The zero-order valence-corrected chi connectivity index (χ0v) is 45.0. The van der Waals surface area contributed by atoms with Crippen molar-refractivity contribution in [2.24, 2.45) is 0 Å². The molecule has 0 amide bonds. The van der Waals surface area contributed by atoms with Gasteiger partial charge in [-0.05, 0) is 70.8 Å². The van der Waals surface area contributed by atoms with E-state index in [1.54, 1.807) is 0 Å². The van der Waals surface area contributed by atoms with E-state index >= 15 is 0 Å². The van der Waals surface area contributed by atoms with Crippen molar-refractivity contribution >= 4 is 46.4 Å². The topological polar surface area (TPSA) is 72.9 Å². The molecule has 12 nitrogen and oxygen atoms in total. The highest BCUT2D eigenvalue weighted by Gasteiger charge is 2.23. The summed E-state index contributed by atoms with van der Waals surface area (Å²) in [5.74, 6) is 0. The van der Waals surface area contributed by atoms with Crippen LogP contribution in [0.25, 0.3) is 90.9 Å². The number of nitrogens with one attached hydrogen (secondary N) is 2. The fourth-order valence-corrected chi connectivity index (χ4v) is 9.17. The molecule has 370 valence electrons. The predicted molar refractivity (Wildman–Crippen MR) is 293 cm³/mol. The van der Waals surface area contributed by atoms with Crippen molar-refractivity contribution in [1.29, 1.82) is 0 Å². The molecule has 2 N–H and O–H groups in total. The number of hydrogen-bond donors (Lipinski definition) is 2. The van der Waals surface area contributed by atoms with Crippen molar-refractivity contribution in [3.05, 3.63) is 145 Å². The molecule has 0 spiro atoms. The zero-order valence-electron chi connectivity index (χ0n) is 45.0. The normalized spacial score (nSPS) is 13.1. The summed E-state index contributed by atoms with van der Waals surface area (Å²) in [6, 6.07) is 26.8. The van der Waals surface area contributed by atoms with E-state index in [4.69, 9.17) is 9.97 Å². The minimum absolute atomic E-state index is 0.876. The molecular formula is C60H78N12+8. The van der Waals surface area contributed by atoms with Crippen LogP contribution in [0.4, 0.5) is 0 Å². The van der Waals surface area contributed by atoms with E-state index in [-0.39, 0.29) is 0 Å². The lowest BCUT2D eigenvalue weighted by Gasteiger charge is -2.21. The van der Waals surface area contributed by atoms with Gasteiger partial charge in [-0.1, -0.05) is 0 Å². The first-order valence-corrected chi connectivity index (χ1v) is 25.5. The Bertz CT molecular complexity index is 3130. The molecule has 0 fully saturated rings. The molecule has 8 bridgehead atoms. The van der Waals surface area contributed by atoms with Gasteiger partial charge in [-0.25, -0.2) is 9.97 Å². The average molecular weight is 967 g/mol. The Morgan fingerprint density at radius 1 is 0.306 bits per heavy atom. The fraction of sp³-hybridized carbons (Fsp3) is 0.333. The van der Waals surface area contributed by atoms with Crippen LogP contribution in [0, 0.1) is 0 Å². The van der Waals surface area contributed by atoms with Crippen molar-refractivity contribution in [3.63, 3.8) is 0 Å². The lowest BCUT2D eigenvalue weighted by molar-refractivity contribution is -0.892. The summed E-state index contributed by atoms with van der Waals surface area (Å²) in [6.45, 7) is 7.79. The number of aromatic amines is 2. The summed E-state index contributed by atoms with van der Waals surface area (Å²) in [6.07, 6.45) is 26.3. The molecule has 0 aromatic carbocycles. The number of pyridine rings is 4. The third-order valence-corrected chi connectivity index (χ3v) is 13.6. The Kier molecular flexibility index (Phi) is 13.8. The SMILES string of the molecule is C[N+](C)(C)CC[n+]1ccc(-c2c3nc(c(-c4cc[n+](CC[N+](C)(C)C)cc4)c4ccc([nH]4)c(-c4cc[n+](CC[N+](C)(C)C)cc4)c4ccc([nH]4)c(-c4cc[n+](CC[N+](C)(C)C)cc4)c4nc2C=C4)C=C3)cc1. The van der Waals surface area contributed by atoms with Gasteiger partial charge in [-0.3, -0.25) is 0 Å². The van der Waals surface area contributed by atoms with E-state index in [0.717, 1.165) is 160 Å². The number of aromatic nitrogens is 8. The zero-order chi connectivity index (χ0) is 51.0. The van der Waals surface area contributed by atoms with Crippen molar-refractivity contribution in [1.82, 2.24) is 19.9 Å². The van der Waals surface area contributed by atoms with Gasteiger partial charge in [0, 0.05) is 92.9 Å². The summed E-state index contributed by atoms with van der Waals surface area (Å²) in [5, 5.41) is 0. The molecule has 9 heterocycles. The molecule has 7 aromatic heterocycles. The number of hydrogen-bond acceptors (Lipinski definition) is 2. The summed E-state index contributed by atoms with van der Waals surface area (Å²) in [5.41, 5.74) is 16.1. The van der Waals surface area contributed by atoms with E-state index in [1.807, 2.05) is 0 Å². The second-order valence-corrected chi connectivity index (χ2v) is 23.9. The third-order valence-electron chi connectivity index (χ3n) is 13.6. The van der Waals surface area contributed by atoms with Crippen LogP contribution in [-0.4, -0.2) is 149 Å². The molecule has 0 aliphatic carbocycles. The number of H-pyrrole nitrogens is 2. The molecular weight excluding hydrogens is 889 g/mol. The van der Waals surface area contributed by atoms with Gasteiger partial charge < -0.3 is 27.9 Å². The van der Waals surface area contributed by atoms with Crippen LogP contribution in [0.3, 0.4) is 0 Å². The summed E-state index contributed by atoms with van der Waals surface area (Å²) in [7, 11) is 26.9. The van der Waals surface area contributed by atoms with E-state index in [1.165, 1.54) is 0 Å². The molecule has 7 aromatic rings. The molecule has 0 unspecified atom stereocenters. The van der Waals surface area contributed by atoms with Crippen LogP contribution < -0.4 is 18.3 Å². The number of rotatable bonds is 16. The summed E-state index contributed by atoms with van der Waals surface area (Å²) in [4.78, 5) is 19.1. The van der Waals surface area contributed by atoms with Crippen LogP contribution in [0.15, 0.2) is 122 Å². The Labute approximate surface area is 427 Å². The molecule has 72 heavy (non-hydrogen) atoms. The first-order chi connectivity index (χ1) is 34.1. The molecule has 12 heteroatoms. The van der Waals surface area contributed by atoms with Gasteiger partial charge in [0.05, 0.1) is 107 Å². The van der Waals surface area contributed by atoms with Crippen molar-refractivity contribution in [3.8, 4) is 44.5 Å². The monoisotopic (exact) mass is 967 g/mol. The van der Waals surface area contributed by atoms with Gasteiger partial charge in [0.25, 0.3) is 0 Å². The van der Waals surface area contributed by atoms with Crippen LogP contribution in [0.2, 0.25) is 0 Å². The van der Waals surface area contributed by atoms with E-state index in [0.29, 0.717) is 0 Å². The Balaban J connectivity index is 1.31. The van der Waals surface area contributed by atoms with Crippen LogP contribution in [-0.2, 0) is 26.2 Å². The van der Waals surface area contributed by atoms with E-state index in [9.17, 15) is 0 Å². The maximum absolute atomic E-state index is 5.58. The molecule has 0 atom stereocenters. The first kappa shape index (κ1) is 50.0. The fourth-order valence-electron chi connectivity index (χ4n) is 9.17. The van der Waals surface area contributed by atoms with Crippen LogP contribution in [0.1, 0.15) is 22.8 Å². The summed E-state index contributed by atoms with van der Waals surface area (Å²) < 4.78 is 12.7. The van der Waals surface area contributed by atoms with Crippen molar-refractivity contribution in [2.75, 3.05) is 111 Å². The van der Waals surface area contributed by atoms with Gasteiger partial charge in [-0.15, -0.1) is 0 Å². The number of fused-ring (bicyclic) bond motifs is 8. The molecule has 9 rings (SSSR count). The molecule has 0 saturated heterocycles. The van der Waals surface area contributed by atoms with Gasteiger partial charge in [0.15, 0.2) is 75.8 Å². The maximum Gasteiger partial charge on any atom is 0.196 e. The molecule has 2 aliphatic heterocycles. The minimum Gasteiger partial charge on any atom is -0.354 e. The van der Waals surface area contributed by atoms with Gasteiger partial charge >= 0.3 is 0 Å². The predicted octanol–water partition coefficient (Wildman–Crippen LogP) is 7.30. The molecule has 0 radical (unpaired) electrons.